The van der Waals surface area contributed by atoms with Gasteiger partial charge in [0.1, 0.15) is 0 Å². The maximum absolute atomic E-state index is 11.8. The number of nitrogens with one attached hydrogen (secondary N) is 1. The fourth-order valence-electron chi connectivity index (χ4n) is 1.73. The van der Waals surface area contributed by atoms with Crippen molar-refractivity contribution in [3.8, 4) is 11.5 Å². The number of benzene rings is 1. The van der Waals surface area contributed by atoms with Crippen molar-refractivity contribution in [1.29, 1.82) is 0 Å². The monoisotopic (exact) mass is 284 g/mol. The Balaban J connectivity index is 1.56. The van der Waals surface area contributed by atoms with Crippen LogP contribution >= 0.6 is 0 Å². The minimum absolute atomic E-state index is 0.120. The van der Waals surface area contributed by atoms with Gasteiger partial charge in [0.05, 0.1) is 12.9 Å². The minimum atomic E-state index is -0.479. The van der Waals surface area contributed by atoms with E-state index in [0.717, 1.165) is 5.56 Å². The molecule has 0 unspecified atom stereocenters. The molecule has 2 aromatic heterocycles. The third-order valence-electron chi connectivity index (χ3n) is 2.75. The van der Waals surface area contributed by atoms with Crippen LogP contribution in [-0.2, 0) is 11.4 Å². The van der Waals surface area contributed by atoms with Crippen molar-refractivity contribution < 1.29 is 18.6 Å². The lowest BCUT2D eigenvalue weighted by Crippen LogP contribution is -2.23. The number of hydrogen-bond donors (Lipinski definition) is 1. The average Bonchev–Trinajstić information content (AvgIpc) is 3.19. The quantitative estimate of drug-likeness (QED) is 0.729. The van der Waals surface area contributed by atoms with Crippen LogP contribution in [-0.4, -0.2) is 11.1 Å². The van der Waals surface area contributed by atoms with E-state index in [9.17, 15) is 4.79 Å². The van der Waals surface area contributed by atoms with Crippen LogP contribution in [0.4, 0.5) is 0 Å². The normalized spacial score (nSPS) is 10.5. The number of amides is 1. The van der Waals surface area contributed by atoms with E-state index in [4.69, 9.17) is 13.8 Å². The van der Waals surface area contributed by atoms with Crippen molar-refractivity contribution in [3.05, 3.63) is 66.1 Å². The van der Waals surface area contributed by atoms with Crippen molar-refractivity contribution in [2.75, 3.05) is 0 Å². The molecule has 0 aliphatic heterocycles. The molecule has 0 fully saturated rings. The standard InChI is InChI=1S/C15H12N2O4/c18-15(17-20-10-11-5-2-1-3-6-11)12-9-14(21-16-12)13-7-4-8-19-13/h1-9H,10H2,(H,17,18). The molecular weight excluding hydrogens is 272 g/mol. The third-order valence-corrected chi connectivity index (χ3v) is 2.75. The van der Waals surface area contributed by atoms with Gasteiger partial charge in [-0.15, -0.1) is 0 Å². The van der Waals surface area contributed by atoms with Crippen LogP contribution in [0.5, 0.6) is 0 Å². The Bertz CT molecular complexity index is 704. The van der Waals surface area contributed by atoms with Gasteiger partial charge < -0.3 is 8.94 Å². The fourth-order valence-corrected chi connectivity index (χ4v) is 1.73. The highest BCUT2D eigenvalue weighted by molar-refractivity contribution is 5.92. The van der Waals surface area contributed by atoms with Crippen LogP contribution in [0.15, 0.2) is 63.7 Å². The van der Waals surface area contributed by atoms with E-state index in [1.807, 2.05) is 30.3 Å². The molecule has 0 aliphatic carbocycles. The smallest absolute Gasteiger partial charge is 0.297 e. The molecule has 1 aromatic carbocycles. The van der Waals surface area contributed by atoms with Gasteiger partial charge in [-0.1, -0.05) is 35.5 Å². The average molecular weight is 284 g/mol. The van der Waals surface area contributed by atoms with Gasteiger partial charge in [0, 0.05) is 6.07 Å². The van der Waals surface area contributed by atoms with Crippen LogP contribution in [0.2, 0.25) is 0 Å². The molecule has 3 aromatic rings. The highest BCUT2D eigenvalue weighted by atomic mass is 16.7. The van der Waals surface area contributed by atoms with Gasteiger partial charge in [0.2, 0.25) is 5.76 Å². The van der Waals surface area contributed by atoms with Crippen LogP contribution in [0.1, 0.15) is 16.1 Å². The molecule has 1 amide bonds. The van der Waals surface area contributed by atoms with Crippen LogP contribution in [0, 0.1) is 0 Å². The molecule has 2 heterocycles. The number of furan rings is 1. The number of aromatic nitrogens is 1. The summed E-state index contributed by atoms with van der Waals surface area (Å²) in [5, 5.41) is 3.67. The Kier molecular flexibility index (Phi) is 3.79. The number of hydroxylamine groups is 1. The predicted octanol–water partition coefficient (Wildman–Crippen LogP) is 2.80. The van der Waals surface area contributed by atoms with Crippen molar-refractivity contribution >= 4 is 5.91 Å². The van der Waals surface area contributed by atoms with Gasteiger partial charge in [-0.25, -0.2) is 5.48 Å². The second-order valence-electron chi connectivity index (χ2n) is 4.26. The number of hydrogen-bond acceptors (Lipinski definition) is 5. The lowest BCUT2D eigenvalue weighted by atomic mass is 10.2. The van der Waals surface area contributed by atoms with Crippen molar-refractivity contribution in [3.63, 3.8) is 0 Å². The number of nitrogens with zero attached hydrogens (tertiary/aromatic N) is 1. The first-order valence-corrected chi connectivity index (χ1v) is 6.29. The van der Waals surface area contributed by atoms with E-state index < -0.39 is 5.91 Å². The van der Waals surface area contributed by atoms with Crippen LogP contribution < -0.4 is 5.48 Å². The summed E-state index contributed by atoms with van der Waals surface area (Å²) in [5.41, 5.74) is 3.39. The van der Waals surface area contributed by atoms with E-state index in [0.29, 0.717) is 11.5 Å². The lowest BCUT2D eigenvalue weighted by molar-refractivity contribution is 0.0226. The highest BCUT2D eigenvalue weighted by Crippen LogP contribution is 2.20. The highest BCUT2D eigenvalue weighted by Gasteiger charge is 2.15. The molecule has 0 saturated carbocycles. The number of rotatable bonds is 5. The minimum Gasteiger partial charge on any atom is -0.461 e. The van der Waals surface area contributed by atoms with Gasteiger partial charge >= 0.3 is 0 Å². The fraction of sp³-hybridized carbons (Fsp3) is 0.0667. The SMILES string of the molecule is O=C(NOCc1ccccc1)c1cc(-c2ccco2)on1. The largest absolute Gasteiger partial charge is 0.461 e. The molecule has 0 atom stereocenters. The summed E-state index contributed by atoms with van der Waals surface area (Å²) in [5.74, 6) is 0.410. The number of carbonyl (C=O) groups excluding carboxylic acids is 1. The second-order valence-corrected chi connectivity index (χ2v) is 4.26. The zero-order valence-corrected chi connectivity index (χ0v) is 11.0. The number of carbonyl (C=O) groups is 1. The third kappa shape index (κ3) is 3.18. The molecule has 0 bridgehead atoms. The summed E-state index contributed by atoms with van der Waals surface area (Å²) in [4.78, 5) is 17.0. The second kappa shape index (κ2) is 6.06. The summed E-state index contributed by atoms with van der Waals surface area (Å²) in [6.45, 7) is 0.273. The van der Waals surface area contributed by atoms with Gasteiger partial charge in [-0.05, 0) is 17.7 Å². The topological polar surface area (TPSA) is 77.5 Å². The maximum Gasteiger partial charge on any atom is 0.297 e. The van der Waals surface area contributed by atoms with Gasteiger partial charge in [0.15, 0.2) is 11.5 Å². The van der Waals surface area contributed by atoms with E-state index >= 15 is 0 Å². The van der Waals surface area contributed by atoms with Crippen molar-refractivity contribution in [2.24, 2.45) is 0 Å². The maximum atomic E-state index is 11.8. The molecule has 0 spiro atoms. The van der Waals surface area contributed by atoms with Crippen molar-refractivity contribution in [1.82, 2.24) is 10.6 Å². The molecule has 0 saturated heterocycles. The van der Waals surface area contributed by atoms with E-state index in [1.165, 1.54) is 12.3 Å². The summed E-state index contributed by atoms with van der Waals surface area (Å²) in [6.07, 6.45) is 1.51. The first-order chi connectivity index (χ1) is 10.3. The van der Waals surface area contributed by atoms with Crippen LogP contribution in [0.3, 0.4) is 0 Å². The molecule has 1 N–H and O–H groups in total. The van der Waals surface area contributed by atoms with Gasteiger partial charge in [0.25, 0.3) is 5.91 Å². The van der Waals surface area contributed by atoms with Crippen molar-refractivity contribution in [2.45, 2.75) is 6.61 Å². The molecular formula is C15H12N2O4. The molecule has 21 heavy (non-hydrogen) atoms. The zero-order valence-electron chi connectivity index (χ0n) is 11.0. The van der Waals surface area contributed by atoms with Crippen LogP contribution in [0.25, 0.3) is 11.5 Å². The molecule has 0 aliphatic rings. The Morgan fingerprint density at radius 3 is 2.76 bits per heavy atom. The van der Waals surface area contributed by atoms with E-state index in [-0.39, 0.29) is 12.3 Å². The predicted molar refractivity (Wildman–Crippen MR) is 72.9 cm³/mol. The van der Waals surface area contributed by atoms with Gasteiger partial charge in [-0.2, -0.15) is 0 Å². The summed E-state index contributed by atoms with van der Waals surface area (Å²) >= 11 is 0. The summed E-state index contributed by atoms with van der Waals surface area (Å²) < 4.78 is 10.2. The first kappa shape index (κ1) is 13.1. The Labute approximate surface area is 120 Å². The molecule has 6 heteroatoms. The van der Waals surface area contributed by atoms with E-state index in [1.54, 1.807) is 12.1 Å². The van der Waals surface area contributed by atoms with Gasteiger partial charge in [-0.3, -0.25) is 9.63 Å². The molecule has 3 rings (SSSR count). The first-order valence-electron chi connectivity index (χ1n) is 6.29. The summed E-state index contributed by atoms with van der Waals surface area (Å²) in [6, 6.07) is 14.4. The molecule has 6 nitrogen and oxygen atoms in total. The summed E-state index contributed by atoms with van der Waals surface area (Å²) in [7, 11) is 0. The lowest BCUT2D eigenvalue weighted by Gasteiger charge is -2.03. The Hall–Kier alpha value is -2.86. The Morgan fingerprint density at radius 2 is 2.00 bits per heavy atom. The molecule has 0 radical (unpaired) electrons. The zero-order chi connectivity index (χ0) is 14.5. The Morgan fingerprint density at radius 1 is 1.14 bits per heavy atom. The molecule has 106 valence electrons. The van der Waals surface area contributed by atoms with E-state index in [2.05, 4.69) is 10.6 Å².